The molecule has 9 heteroatoms. The fraction of sp³-hybridized carbons (Fsp3) is 0.280. The van der Waals surface area contributed by atoms with Crippen molar-refractivity contribution in [3.05, 3.63) is 81.7 Å². The summed E-state index contributed by atoms with van der Waals surface area (Å²) < 4.78 is 5.16. The van der Waals surface area contributed by atoms with E-state index in [2.05, 4.69) is 33.8 Å². The molecule has 1 aromatic carbocycles. The molecule has 0 aliphatic rings. The van der Waals surface area contributed by atoms with Gasteiger partial charge in [-0.05, 0) is 50.6 Å². The molecule has 2 heterocycles. The molecule has 2 N–H and O–H groups in total. The summed E-state index contributed by atoms with van der Waals surface area (Å²) in [7, 11) is 1.31. The number of imide groups is 1. The molecule has 0 fully saturated rings. The maximum Gasteiger partial charge on any atom is 0.418 e. The Morgan fingerprint density at radius 1 is 1.00 bits per heavy atom. The molecule has 0 radical (unpaired) electrons. The zero-order valence-corrected chi connectivity index (χ0v) is 20.4. The molecule has 2 aromatic heterocycles. The van der Waals surface area contributed by atoms with E-state index < -0.39 is 17.7 Å². The van der Waals surface area contributed by atoms with Crippen molar-refractivity contribution in [1.29, 1.82) is 0 Å². The fourth-order valence-corrected chi connectivity index (χ4v) is 3.88. The maximum atomic E-state index is 12.5. The predicted octanol–water partition coefficient (Wildman–Crippen LogP) is 5.06. The highest BCUT2D eigenvalue weighted by atomic mass is 32.1. The van der Waals surface area contributed by atoms with E-state index in [1.807, 2.05) is 24.3 Å². The Bertz CT molecular complexity index is 1140. The van der Waals surface area contributed by atoms with Crippen LogP contribution in [0.3, 0.4) is 0 Å². The lowest BCUT2D eigenvalue weighted by Crippen LogP contribution is -2.40. The van der Waals surface area contributed by atoms with Crippen LogP contribution in [0, 0.1) is 0 Å². The average Bonchev–Trinajstić information content (AvgIpc) is 3.24. The van der Waals surface area contributed by atoms with E-state index >= 15 is 0 Å². The summed E-state index contributed by atoms with van der Waals surface area (Å²) in [6.07, 6.45) is 1.45. The van der Waals surface area contributed by atoms with Gasteiger partial charge in [-0.1, -0.05) is 30.3 Å². The van der Waals surface area contributed by atoms with Gasteiger partial charge in [0.15, 0.2) is 0 Å². The van der Waals surface area contributed by atoms with Gasteiger partial charge < -0.3 is 10.1 Å². The second-order valence-electron chi connectivity index (χ2n) is 8.61. The first-order valence-corrected chi connectivity index (χ1v) is 11.6. The third-order valence-electron chi connectivity index (χ3n) is 4.59. The average molecular weight is 481 g/mol. The highest BCUT2D eigenvalue weighted by Gasteiger charge is 2.24. The lowest BCUT2D eigenvalue weighted by Gasteiger charge is -2.23. The summed E-state index contributed by atoms with van der Waals surface area (Å²) >= 11 is 1.66. The minimum absolute atomic E-state index is 0.209. The van der Waals surface area contributed by atoms with Crippen LogP contribution in [0.2, 0.25) is 0 Å². The monoisotopic (exact) mass is 480 g/mol. The molecule has 0 saturated carbocycles. The number of carbonyl (C=O) groups excluding carboxylic acids is 3. The summed E-state index contributed by atoms with van der Waals surface area (Å²) in [6, 6.07) is 16.7. The van der Waals surface area contributed by atoms with Gasteiger partial charge in [0.05, 0.1) is 12.1 Å². The van der Waals surface area contributed by atoms with E-state index in [9.17, 15) is 14.4 Å². The maximum absolute atomic E-state index is 12.5. The number of hydrogen-bond donors (Lipinski definition) is 2. The zero-order valence-electron chi connectivity index (χ0n) is 19.6. The van der Waals surface area contributed by atoms with Crippen molar-refractivity contribution in [2.24, 2.45) is 0 Å². The highest BCUT2D eigenvalue weighted by Crippen LogP contribution is 2.20. The smallest absolute Gasteiger partial charge is 0.418 e. The topological polar surface area (TPSA) is 101 Å². The lowest BCUT2D eigenvalue weighted by molar-refractivity contribution is 0.0369. The zero-order chi connectivity index (χ0) is 24.7. The highest BCUT2D eigenvalue weighted by molar-refractivity contribution is 7.12. The van der Waals surface area contributed by atoms with Gasteiger partial charge in [-0.25, -0.2) is 19.5 Å². The lowest BCUT2D eigenvalue weighted by atomic mass is 10.1. The minimum Gasteiger partial charge on any atom is -0.443 e. The largest absolute Gasteiger partial charge is 0.443 e. The number of nitrogens with zero attached hydrogens (tertiary/aromatic N) is 2. The van der Waals surface area contributed by atoms with E-state index in [4.69, 9.17) is 4.74 Å². The van der Waals surface area contributed by atoms with Crippen LogP contribution in [0.15, 0.2) is 60.8 Å². The van der Waals surface area contributed by atoms with Crippen molar-refractivity contribution in [2.45, 2.75) is 39.3 Å². The summed E-state index contributed by atoms with van der Waals surface area (Å²) in [5.74, 6) is -0.0602. The van der Waals surface area contributed by atoms with Gasteiger partial charge in [0.2, 0.25) is 0 Å². The third kappa shape index (κ3) is 7.41. The number of rotatable bonds is 6. The number of aromatic nitrogens is 1. The molecule has 178 valence electrons. The van der Waals surface area contributed by atoms with Crippen LogP contribution >= 0.6 is 11.3 Å². The molecule has 0 spiro atoms. The molecule has 0 aliphatic heterocycles. The Balaban J connectivity index is 1.49. The molecule has 3 aromatic rings. The second kappa shape index (κ2) is 10.9. The number of nitrogens with one attached hydrogen (secondary N) is 2. The van der Waals surface area contributed by atoms with Crippen LogP contribution < -0.4 is 10.6 Å². The normalized spacial score (nSPS) is 10.9. The van der Waals surface area contributed by atoms with Crippen LogP contribution in [-0.4, -0.2) is 40.6 Å². The Morgan fingerprint density at radius 3 is 2.35 bits per heavy atom. The number of hydrogen-bond acceptors (Lipinski definition) is 6. The number of anilines is 1. The number of pyridine rings is 1. The Kier molecular flexibility index (Phi) is 8.01. The van der Waals surface area contributed by atoms with Gasteiger partial charge in [-0.15, -0.1) is 11.3 Å². The van der Waals surface area contributed by atoms with Gasteiger partial charge in [0.1, 0.15) is 11.4 Å². The molecular weight excluding hydrogens is 452 g/mol. The Hall–Kier alpha value is -3.72. The molecule has 4 amide bonds. The van der Waals surface area contributed by atoms with Crippen LogP contribution in [-0.2, 0) is 17.7 Å². The van der Waals surface area contributed by atoms with Crippen LogP contribution in [0.4, 0.5) is 15.4 Å². The van der Waals surface area contributed by atoms with E-state index in [0.717, 1.165) is 16.2 Å². The number of ether oxygens (including phenoxy) is 1. The molecule has 0 aliphatic carbocycles. The Morgan fingerprint density at radius 2 is 1.71 bits per heavy atom. The Labute approximate surface area is 203 Å². The van der Waals surface area contributed by atoms with Crippen molar-refractivity contribution in [1.82, 2.24) is 15.2 Å². The third-order valence-corrected chi connectivity index (χ3v) is 5.68. The van der Waals surface area contributed by atoms with Gasteiger partial charge >= 0.3 is 12.1 Å². The first-order chi connectivity index (χ1) is 16.1. The summed E-state index contributed by atoms with van der Waals surface area (Å²) in [5.41, 5.74) is 0.890. The predicted molar refractivity (Wildman–Crippen MR) is 132 cm³/mol. The number of amides is 4. The van der Waals surface area contributed by atoms with Crippen molar-refractivity contribution >= 4 is 35.2 Å². The van der Waals surface area contributed by atoms with Crippen molar-refractivity contribution in [3.8, 4) is 0 Å². The standard InChI is InChI=1S/C25H28N4O4S/c1-25(2,3)33-24(32)29(4)23(31)28-21-13-10-18(15-26-21)22(30)27-16-20-12-11-19(34-20)14-17-8-6-5-7-9-17/h5-13,15H,14,16H2,1-4H3,(H,27,30)(H,26,28,31). The van der Waals surface area contributed by atoms with Crippen LogP contribution in [0.25, 0.3) is 0 Å². The van der Waals surface area contributed by atoms with E-state index in [0.29, 0.717) is 12.1 Å². The van der Waals surface area contributed by atoms with Crippen LogP contribution in [0.1, 0.15) is 46.4 Å². The summed E-state index contributed by atoms with van der Waals surface area (Å²) in [6.45, 7) is 5.55. The molecular formula is C25H28N4O4S. The minimum atomic E-state index is -0.776. The molecule has 0 atom stereocenters. The van der Waals surface area contributed by atoms with E-state index in [-0.39, 0.29) is 11.7 Å². The molecule has 0 saturated heterocycles. The molecule has 3 rings (SSSR count). The van der Waals surface area contributed by atoms with Crippen molar-refractivity contribution in [3.63, 3.8) is 0 Å². The molecule has 0 bridgehead atoms. The molecule has 8 nitrogen and oxygen atoms in total. The van der Waals surface area contributed by atoms with Gasteiger partial charge in [0.25, 0.3) is 5.91 Å². The van der Waals surface area contributed by atoms with Gasteiger partial charge in [0, 0.05) is 29.4 Å². The second-order valence-corrected chi connectivity index (χ2v) is 9.87. The first kappa shape index (κ1) is 24.9. The van der Waals surface area contributed by atoms with E-state index in [1.54, 1.807) is 38.2 Å². The number of benzene rings is 1. The quantitative estimate of drug-likeness (QED) is 0.513. The van der Waals surface area contributed by atoms with Crippen LogP contribution in [0.5, 0.6) is 0 Å². The SMILES string of the molecule is CN(C(=O)Nc1ccc(C(=O)NCc2ccc(Cc3ccccc3)s2)cn1)C(=O)OC(C)(C)C. The molecule has 34 heavy (non-hydrogen) atoms. The van der Waals surface area contributed by atoms with Gasteiger partial charge in [-0.3, -0.25) is 10.1 Å². The van der Waals surface area contributed by atoms with Crippen molar-refractivity contribution < 1.29 is 19.1 Å². The number of thiophene rings is 1. The van der Waals surface area contributed by atoms with E-state index in [1.165, 1.54) is 29.8 Å². The molecule has 0 unspecified atom stereocenters. The fourth-order valence-electron chi connectivity index (χ4n) is 2.89. The first-order valence-electron chi connectivity index (χ1n) is 10.7. The number of carbonyl (C=O) groups is 3. The number of urea groups is 1. The summed E-state index contributed by atoms with van der Waals surface area (Å²) in [5, 5.41) is 5.38. The van der Waals surface area contributed by atoms with Gasteiger partial charge in [-0.2, -0.15) is 0 Å². The van der Waals surface area contributed by atoms with Crippen molar-refractivity contribution in [2.75, 3.05) is 12.4 Å². The summed E-state index contributed by atoms with van der Waals surface area (Å²) in [4.78, 5) is 43.9.